The minimum atomic E-state index is -0.826. The zero-order valence-corrected chi connectivity index (χ0v) is 19.1. The van der Waals surface area contributed by atoms with Crippen LogP contribution < -0.4 is 26.8 Å². The standard InChI is InChI=1S/C23H17N9O5/c1-36-22(33)14-8-12(32(34)35)5-6-16(14)37-13-4-2-3-11(7-13)19-17-18(26)15(9-24)20(27)30-21(17)31-23(29-19)28-10-25/h2-8,19H,1H3,(H6,26,27,28,29,30,31). The number of nitrogens with zero attached hydrogens (tertiary/aromatic N) is 5. The van der Waals surface area contributed by atoms with E-state index in [0.29, 0.717) is 11.1 Å². The molecule has 0 bridgehead atoms. The average Bonchev–Trinajstić information content (AvgIpc) is 2.88. The molecule has 0 saturated carbocycles. The number of carbonyl (C=O) groups is 1. The number of aromatic nitrogens is 1. The van der Waals surface area contributed by atoms with Gasteiger partial charge >= 0.3 is 5.97 Å². The number of nitro groups is 1. The van der Waals surface area contributed by atoms with Gasteiger partial charge in [0.2, 0.25) is 5.96 Å². The van der Waals surface area contributed by atoms with E-state index < -0.39 is 16.9 Å². The van der Waals surface area contributed by atoms with Gasteiger partial charge in [0.1, 0.15) is 46.4 Å². The molecule has 1 aliphatic rings. The zero-order chi connectivity index (χ0) is 26.7. The van der Waals surface area contributed by atoms with Gasteiger partial charge < -0.3 is 26.3 Å². The SMILES string of the molecule is COC(=O)c1cc([N+](=O)[O-])ccc1Oc1cccc(C2N=C(NC#N)Nc3nc(N)c(C#N)c(N)c32)c1. The summed E-state index contributed by atoms with van der Waals surface area (Å²) in [4.78, 5) is 31.4. The number of aliphatic imine (C=N–C) groups is 1. The predicted molar refractivity (Wildman–Crippen MR) is 130 cm³/mol. The molecule has 2 aromatic carbocycles. The smallest absolute Gasteiger partial charge is 0.341 e. The van der Waals surface area contributed by atoms with Crippen LogP contribution in [0.15, 0.2) is 47.5 Å². The number of nitriles is 2. The molecular weight excluding hydrogens is 482 g/mol. The predicted octanol–water partition coefficient (Wildman–Crippen LogP) is 2.55. The van der Waals surface area contributed by atoms with Gasteiger partial charge in [-0.25, -0.2) is 14.8 Å². The maximum atomic E-state index is 12.2. The Kier molecular flexibility index (Phi) is 6.40. The van der Waals surface area contributed by atoms with Gasteiger partial charge in [0.25, 0.3) is 5.69 Å². The number of hydrogen-bond donors (Lipinski definition) is 4. The van der Waals surface area contributed by atoms with Crippen molar-refractivity contribution in [3.63, 3.8) is 0 Å². The summed E-state index contributed by atoms with van der Waals surface area (Å²) in [7, 11) is 1.14. The summed E-state index contributed by atoms with van der Waals surface area (Å²) in [5, 5.41) is 34.9. The van der Waals surface area contributed by atoms with E-state index in [1.165, 1.54) is 12.1 Å². The number of carbonyl (C=O) groups excluding carboxylic acids is 1. The molecule has 0 amide bonds. The topological polar surface area (TPSA) is 228 Å². The third-order valence-corrected chi connectivity index (χ3v) is 5.34. The second kappa shape index (κ2) is 9.77. The largest absolute Gasteiger partial charge is 0.465 e. The summed E-state index contributed by atoms with van der Waals surface area (Å²) in [6.45, 7) is 0. The van der Waals surface area contributed by atoms with Gasteiger partial charge in [-0.1, -0.05) is 12.1 Å². The summed E-state index contributed by atoms with van der Waals surface area (Å²) < 4.78 is 10.6. The van der Waals surface area contributed by atoms with Gasteiger partial charge in [-0.3, -0.25) is 15.4 Å². The summed E-state index contributed by atoms with van der Waals surface area (Å²) in [6, 6.07) is 11.2. The summed E-state index contributed by atoms with van der Waals surface area (Å²) >= 11 is 0. The van der Waals surface area contributed by atoms with Gasteiger partial charge in [-0.05, 0) is 23.8 Å². The molecular formula is C23H17N9O5. The van der Waals surface area contributed by atoms with Crippen molar-refractivity contribution in [1.82, 2.24) is 10.3 Å². The number of benzene rings is 2. The highest BCUT2D eigenvalue weighted by Crippen LogP contribution is 2.41. The number of anilines is 3. The number of ether oxygens (including phenoxy) is 2. The molecule has 14 nitrogen and oxygen atoms in total. The fraction of sp³-hybridized carbons (Fsp3) is 0.0870. The number of methoxy groups -OCH3 is 1. The number of nitrogens with two attached hydrogens (primary N) is 2. The molecule has 0 spiro atoms. The van der Waals surface area contributed by atoms with Crippen molar-refractivity contribution < 1.29 is 19.2 Å². The molecule has 184 valence electrons. The molecule has 0 radical (unpaired) electrons. The lowest BCUT2D eigenvalue weighted by atomic mass is 9.95. The zero-order valence-electron chi connectivity index (χ0n) is 19.1. The number of pyridine rings is 1. The number of esters is 1. The van der Waals surface area contributed by atoms with E-state index in [9.17, 15) is 20.2 Å². The van der Waals surface area contributed by atoms with Crippen LogP contribution in [0.3, 0.4) is 0 Å². The van der Waals surface area contributed by atoms with E-state index in [1.807, 2.05) is 6.07 Å². The van der Waals surface area contributed by atoms with E-state index in [1.54, 1.807) is 30.5 Å². The Labute approximate surface area is 208 Å². The minimum absolute atomic E-state index is 0.0153. The van der Waals surface area contributed by atoms with Crippen molar-refractivity contribution >= 4 is 34.9 Å². The number of guanidine groups is 1. The molecule has 1 aromatic heterocycles. The van der Waals surface area contributed by atoms with Crippen molar-refractivity contribution in [1.29, 1.82) is 10.5 Å². The monoisotopic (exact) mass is 499 g/mol. The fourth-order valence-electron chi connectivity index (χ4n) is 3.69. The highest BCUT2D eigenvalue weighted by Gasteiger charge is 2.30. The van der Waals surface area contributed by atoms with Crippen LogP contribution >= 0.6 is 0 Å². The fourth-order valence-corrected chi connectivity index (χ4v) is 3.69. The Morgan fingerprint density at radius 2 is 2.03 bits per heavy atom. The molecule has 0 fully saturated rings. The van der Waals surface area contributed by atoms with E-state index in [-0.39, 0.29) is 51.6 Å². The molecule has 1 unspecified atom stereocenters. The van der Waals surface area contributed by atoms with Crippen molar-refractivity contribution in [2.45, 2.75) is 6.04 Å². The van der Waals surface area contributed by atoms with Crippen molar-refractivity contribution in [2.75, 3.05) is 23.9 Å². The first-order chi connectivity index (χ1) is 17.8. The second-order valence-electron chi connectivity index (χ2n) is 7.51. The van der Waals surface area contributed by atoms with Crippen LogP contribution in [-0.2, 0) is 4.74 Å². The number of nitro benzene ring substituents is 1. The molecule has 1 atom stereocenters. The Bertz CT molecular complexity index is 1560. The summed E-state index contributed by atoms with van der Waals surface area (Å²) in [5.41, 5.74) is 12.6. The van der Waals surface area contributed by atoms with Crippen LogP contribution in [-0.4, -0.2) is 28.9 Å². The third-order valence-electron chi connectivity index (χ3n) is 5.34. The van der Waals surface area contributed by atoms with Crippen LogP contribution in [0.25, 0.3) is 0 Å². The molecule has 4 rings (SSSR count). The molecule has 1 aliphatic heterocycles. The molecule has 3 aromatic rings. The van der Waals surface area contributed by atoms with Crippen molar-refractivity contribution in [3.05, 3.63) is 74.8 Å². The maximum absolute atomic E-state index is 12.2. The first-order valence-corrected chi connectivity index (χ1v) is 10.4. The maximum Gasteiger partial charge on any atom is 0.341 e. The summed E-state index contributed by atoms with van der Waals surface area (Å²) in [5.74, 6) is -0.347. The number of non-ortho nitro benzene ring substituents is 1. The number of nitrogen functional groups attached to an aromatic ring is 2. The van der Waals surface area contributed by atoms with E-state index in [2.05, 4.69) is 20.6 Å². The van der Waals surface area contributed by atoms with Crippen LogP contribution in [0.5, 0.6) is 11.5 Å². The minimum Gasteiger partial charge on any atom is -0.465 e. The van der Waals surface area contributed by atoms with Crippen LogP contribution in [0.2, 0.25) is 0 Å². The van der Waals surface area contributed by atoms with Crippen LogP contribution in [0.4, 0.5) is 23.0 Å². The van der Waals surface area contributed by atoms with Crippen molar-refractivity contribution in [3.8, 4) is 23.8 Å². The number of fused-ring (bicyclic) bond motifs is 1. The highest BCUT2D eigenvalue weighted by molar-refractivity contribution is 5.98. The van der Waals surface area contributed by atoms with E-state index >= 15 is 0 Å². The Morgan fingerprint density at radius 3 is 2.70 bits per heavy atom. The lowest BCUT2D eigenvalue weighted by Gasteiger charge is -2.26. The Hall–Kier alpha value is -5.89. The first kappa shape index (κ1) is 24.2. The van der Waals surface area contributed by atoms with Gasteiger partial charge in [0.05, 0.1) is 17.7 Å². The molecule has 0 saturated heterocycles. The van der Waals surface area contributed by atoms with Gasteiger partial charge in [-0.15, -0.1) is 0 Å². The third kappa shape index (κ3) is 4.58. The van der Waals surface area contributed by atoms with Crippen molar-refractivity contribution in [2.24, 2.45) is 4.99 Å². The quantitative estimate of drug-likeness (QED) is 0.130. The van der Waals surface area contributed by atoms with Crippen LogP contribution in [0.1, 0.15) is 33.1 Å². The molecule has 14 heteroatoms. The van der Waals surface area contributed by atoms with E-state index in [0.717, 1.165) is 13.2 Å². The number of hydrogen-bond acceptors (Lipinski definition) is 13. The summed E-state index contributed by atoms with van der Waals surface area (Å²) in [6.07, 6.45) is 1.77. The molecule has 6 N–H and O–H groups in total. The number of rotatable bonds is 5. The Balaban J connectivity index is 1.79. The second-order valence-corrected chi connectivity index (χ2v) is 7.51. The highest BCUT2D eigenvalue weighted by atomic mass is 16.6. The van der Waals surface area contributed by atoms with Gasteiger partial charge in [0.15, 0.2) is 6.19 Å². The molecule has 2 heterocycles. The molecule has 37 heavy (non-hydrogen) atoms. The lowest BCUT2D eigenvalue weighted by Crippen LogP contribution is -2.32. The number of nitrogens with one attached hydrogen (secondary N) is 2. The normalized spacial score (nSPS) is 13.6. The lowest BCUT2D eigenvalue weighted by molar-refractivity contribution is -0.384. The first-order valence-electron chi connectivity index (χ1n) is 10.4. The Morgan fingerprint density at radius 1 is 1.24 bits per heavy atom. The average molecular weight is 499 g/mol. The van der Waals surface area contributed by atoms with Crippen LogP contribution in [0, 0.1) is 32.9 Å². The van der Waals surface area contributed by atoms with Gasteiger partial charge in [-0.2, -0.15) is 10.5 Å². The van der Waals surface area contributed by atoms with E-state index in [4.69, 9.17) is 26.2 Å². The van der Waals surface area contributed by atoms with Gasteiger partial charge in [0, 0.05) is 17.7 Å². The molecule has 0 aliphatic carbocycles.